The fraction of sp³-hybridized carbons (Fsp3) is 0.294. The minimum absolute atomic E-state index is 0.140. The van der Waals surface area contributed by atoms with Crippen molar-refractivity contribution in [2.75, 3.05) is 11.4 Å². The number of nitrogens with zero attached hydrogens (tertiary/aromatic N) is 1. The zero-order chi connectivity index (χ0) is 13.9. The van der Waals surface area contributed by atoms with Gasteiger partial charge in [-0.05, 0) is 42.5 Å². The average Bonchev–Trinajstić information content (AvgIpc) is 2.69. The van der Waals surface area contributed by atoms with Gasteiger partial charge in [0, 0.05) is 17.6 Å². The standard InChI is InChI=1S/C17H17BrFN/c18-12-14-8-5-9-15(19)17(14)20-11-4-3-7-13-6-1-2-10-16(13)20/h1-2,5-6,8-10H,3-4,7,11-12H2. The SMILES string of the molecule is Fc1cccc(CBr)c1N1CCCCc2ccccc21. The van der Waals surface area contributed by atoms with Crippen molar-refractivity contribution < 1.29 is 4.39 Å². The van der Waals surface area contributed by atoms with Gasteiger partial charge in [-0.3, -0.25) is 0 Å². The van der Waals surface area contributed by atoms with E-state index in [1.807, 2.05) is 12.1 Å². The Bertz CT molecular complexity index is 612. The molecule has 20 heavy (non-hydrogen) atoms. The molecule has 1 aliphatic rings. The lowest BCUT2D eigenvalue weighted by atomic mass is 10.1. The van der Waals surface area contributed by atoms with Gasteiger partial charge in [0.25, 0.3) is 0 Å². The summed E-state index contributed by atoms with van der Waals surface area (Å²) in [5, 5.41) is 0.665. The molecule has 0 unspecified atom stereocenters. The highest BCUT2D eigenvalue weighted by Gasteiger charge is 2.21. The van der Waals surface area contributed by atoms with Crippen LogP contribution >= 0.6 is 15.9 Å². The van der Waals surface area contributed by atoms with Crippen molar-refractivity contribution >= 4 is 27.3 Å². The molecule has 1 aliphatic heterocycles. The molecule has 2 aromatic rings. The molecule has 0 amide bonds. The topological polar surface area (TPSA) is 3.24 Å². The molecule has 104 valence electrons. The highest BCUT2D eigenvalue weighted by atomic mass is 79.9. The van der Waals surface area contributed by atoms with Crippen LogP contribution in [0, 0.1) is 5.82 Å². The van der Waals surface area contributed by atoms with Crippen LogP contribution in [0.5, 0.6) is 0 Å². The van der Waals surface area contributed by atoms with Gasteiger partial charge in [0.1, 0.15) is 5.82 Å². The fourth-order valence-corrected chi connectivity index (χ4v) is 3.35. The van der Waals surface area contributed by atoms with Crippen LogP contribution < -0.4 is 4.90 Å². The van der Waals surface area contributed by atoms with E-state index in [1.54, 1.807) is 12.1 Å². The molecular weight excluding hydrogens is 317 g/mol. The average molecular weight is 334 g/mol. The van der Waals surface area contributed by atoms with Gasteiger partial charge in [-0.2, -0.15) is 0 Å². The maximum atomic E-state index is 14.4. The lowest BCUT2D eigenvalue weighted by Crippen LogP contribution is -2.20. The predicted molar refractivity (Wildman–Crippen MR) is 85.4 cm³/mol. The Morgan fingerprint density at radius 2 is 1.90 bits per heavy atom. The van der Waals surface area contributed by atoms with Crippen LogP contribution in [0.3, 0.4) is 0 Å². The summed E-state index contributed by atoms with van der Waals surface area (Å²) in [6.07, 6.45) is 3.32. The van der Waals surface area contributed by atoms with Crippen LogP contribution in [0.2, 0.25) is 0 Å². The summed E-state index contributed by atoms with van der Waals surface area (Å²) in [7, 11) is 0. The van der Waals surface area contributed by atoms with Crippen molar-refractivity contribution in [2.45, 2.75) is 24.6 Å². The zero-order valence-corrected chi connectivity index (χ0v) is 12.9. The molecule has 0 radical (unpaired) electrons. The van der Waals surface area contributed by atoms with Crippen molar-refractivity contribution in [3.8, 4) is 0 Å². The number of hydrogen-bond donors (Lipinski definition) is 0. The van der Waals surface area contributed by atoms with E-state index in [1.165, 1.54) is 5.56 Å². The second kappa shape index (κ2) is 5.96. The number of para-hydroxylation sites is 2. The molecule has 3 rings (SSSR count). The molecule has 3 heteroatoms. The number of alkyl halides is 1. The quantitative estimate of drug-likeness (QED) is 0.683. The fourth-order valence-electron chi connectivity index (χ4n) is 2.89. The number of aryl methyl sites for hydroxylation is 1. The first-order valence-corrected chi connectivity index (χ1v) is 8.12. The van der Waals surface area contributed by atoms with Crippen LogP contribution in [-0.4, -0.2) is 6.54 Å². The smallest absolute Gasteiger partial charge is 0.147 e. The zero-order valence-electron chi connectivity index (χ0n) is 11.3. The largest absolute Gasteiger partial charge is 0.339 e. The van der Waals surface area contributed by atoms with E-state index in [4.69, 9.17) is 0 Å². The van der Waals surface area contributed by atoms with Gasteiger partial charge in [-0.1, -0.05) is 46.3 Å². The first-order chi connectivity index (χ1) is 9.81. The molecule has 0 saturated heterocycles. The molecule has 0 N–H and O–H groups in total. The number of halogens is 2. The molecule has 0 aliphatic carbocycles. The third-order valence-electron chi connectivity index (χ3n) is 3.84. The van der Waals surface area contributed by atoms with Gasteiger partial charge < -0.3 is 4.90 Å². The van der Waals surface area contributed by atoms with Gasteiger partial charge >= 0.3 is 0 Å². The van der Waals surface area contributed by atoms with E-state index in [0.717, 1.165) is 42.7 Å². The Labute approximate surface area is 127 Å². The second-order valence-electron chi connectivity index (χ2n) is 5.12. The molecule has 2 aromatic carbocycles. The molecule has 1 heterocycles. The Balaban J connectivity index is 2.15. The molecule has 1 nitrogen and oxygen atoms in total. The summed E-state index contributed by atoms with van der Waals surface area (Å²) < 4.78 is 14.4. The summed E-state index contributed by atoms with van der Waals surface area (Å²) >= 11 is 3.48. The first-order valence-electron chi connectivity index (χ1n) is 7.00. The molecule has 0 bridgehead atoms. The van der Waals surface area contributed by atoms with E-state index in [-0.39, 0.29) is 5.82 Å². The summed E-state index contributed by atoms with van der Waals surface area (Å²) in [5.41, 5.74) is 4.19. The van der Waals surface area contributed by atoms with Crippen molar-refractivity contribution in [3.05, 3.63) is 59.4 Å². The van der Waals surface area contributed by atoms with Crippen LogP contribution in [0.1, 0.15) is 24.0 Å². The first kappa shape index (κ1) is 13.6. The normalized spacial score (nSPS) is 14.8. The molecule has 0 fully saturated rings. The molecule has 0 spiro atoms. The third-order valence-corrected chi connectivity index (χ3v) is 4.45. The Morgan fingerprint density at radius 3 is 2.75 bits per heavy atom. The summed E-state index contributed by atoms with van der Waals surface area (Å²) in [5.74, 6) is -0.140. The van der Waals surface area contributed by atoms with E-state index < -0.39 is 0 Å². The van der Waals surface area contributed by atoms with Crippen LogP contribution in [0.25, 0.3) is 0 Å². The minimum atomic E-state index is -0.140. The number of hydrogen-bond acceptors (Lipinski definition) is 1. The number of benzene rings is 2. The second-order valence-corrected chi connectivity index (χ2v) is 5.68. The molecule has 0 aromatic heterocycles. The van der Waals surface area contributed by atoms with Crippen LogP contribution in [0.4, 0.5) is 15.8 Å². The highest BCUT2D eigenvalue weighted by molar-refractivity contribution is 9.08. The lowest BCUT2D eigenvalue weighted by Gasteiger charge is -2.27. The highest BCUT2D eigenvalue weighted by Crippen LogP contribution is 2.36. The number of fused-ring (bicyclic) bond motifs is 1. The van der Waals surface area contributed by atoms with Crippen molar-refractivity contribution in [1.29, 1.82) is 0 Å². The molecule has 0 atom stereocenters. The van der Waals surface area contributed by atoms with E-state index >= 15 is 0 Å². The van der Waals surface area contributed by atoms with Crippen molar-refractivity contribution in [3.63, 3.8) is 0 Å². The van der Waals surface area contributed by atoms with E-state index in [9.17, 15) is 4.39 Å². The van der Waals surface area contributed by atoms with Crippen LogP contribution in [-0.2, 0) is 11.8 Å². The number of anilines is 2. The molecule has 0 saturated carbocycles. The Morgan fingerprint density at radius 1 is 1.05 bits per heavy atom. The summed E-state index contributed by atoms with van der Waals surface area (Å²) in [6, 6.07) is 13.7. The Kier molecular flexibility index (Phi) is 4.06. The molecular formula is C17H17BrFN. The monoisotopic (exact) mass is 333 g/mol. The van der Waals surface area contributed by atoms with Gasteiger partial charge in [0.15, 0.2) is 0 Å². The van der Waals surface area contributed by atoms with Crippen LogP contribution in [0.15, 0.2) is 42.5 Å². The van der Waals surface area contributed by atoms with Gasteiger partial charge in [0.05, 0.1) is 5.69 Å². The van der Waals surface area contributed by atoms with Gasteiger partial charge in [0.2, 0.25) is 0 Å². The van der Waals surface area contributed by atoms with Gasteiger partial charge in [-0.25, -0.2) is 4.39 Å². The van der Waals surface area contributed by atoms with Gasteiger partial charge in [-0.15, -0.1) is 0 Å². The number of rotatable bonds is 2. The Hall–Kier alpha value is -1.35. The van der Waals surface area contributed by atoms with E-state index in [2.05, 4.69) is 39.0 Å². The minimum Gasteiger partial charge on any atom is -0.339 e. The maximum Gasteiger partial charge on any atom is 0.147 e. The summed E-state index contributed by atoms with van der Waals surface area (Å²) in [6.45, 7) is 0.873. The maximum absolute atomic E-state index is 14.4. The third kappa shape index (κ3) is 2.47. The predicted octanol–water partition coefficient (Wildman–Crippen LogP) is 5.20. The summed E-state index contributed by atoms with van der Waals surface area (Å²) in [4.78, 5) is 2.15. The van der Waals surface area contributed by atoms with E-state index in [0.29, 0.717) is 5.33 Å². The van der Waals surface area contributed by atoms with Crippen molar-refractivity contribution in [1.82, 2.24) is 0 Å². The van der Waals surface area contributed by atoms with Crippen molar-refractivity contribution in [2.24, 2.45) is 0 Å². The lowest BCUT2D eigenvalue weighted by molar-refractivity contribution is 0.622.